The molecule has 2 aliphatic rings. The molecule has 1 heterocycles. The Labute approximate surface area is 214 Å². The lowest BCUT2D eigenvalue weighted by atomic mass is 10.1. The molecule has 2 N–H and O–H groups in total. The van der Waals surface area contributed by atoms with E-state index in [-0.39, 0.29) is 22.3 Å². The molecule has 2 aromatic rings. The number of nitrogens with zero attached hydrogens (tertiary/aromatic N) is 1. The summed E-state index contributed by atoms with van der Waals surface area (Å²) < 4.78 is 56.9. The van der Waals surface area contributed by atoms with Crippen molar-refractivity contribution in [2.75, 3.05) is 9.62 Å². The first kappa shape index (κ1) is 26.3. The number of rotatable bonds is 5. The highest BCUT2D eigenvalue weighted by Gasteiger charge is 2.43. The van der Waals surface area contributed by atoms with E-state index < -0.39 is 45.9 Å². The minimum Gasteiger partial charge on any atom is -0.353 e. The largest absolute Gasteiger partial charge is 0.353 e. The van der Waals surface area contributed by atoms with E-state index in [1.165, 1.54) is 12.1 Å². The molecule has 1 saturated carbocycles. The average Bonchev–Trinajstić information content (AvgIpc) is 3.06. The lowest BCUT2D eigenvalue weighted by molar-refractivity contribution is -0.125. The monoisotopic (exact) mass is 539 g/mol. The molecule has 4 rings (SSSR count). The van der Waals surface area contributed by atoms with Crippen molar-refractivity contribution in [3.63, 3.8) is 0 Å². The fraction of sp³-hybridized carbons (Fsp3) is 0.440. The summed E-state index contributed by atoms with van der Waals surface area (Å²) in [6.45, 7) is 3.17. The maximum atomic E-state index is 14.3. The Hall–Kier alpha value is -2.72. The van der Waals surface area contributed by atoms with Crippen LogP contribution in [0.5, 0.6) is 0 Å². The number of benzene rings is 2. The molecule has 7 nitrogen and oxygen atoms in total. The van der Waals surface area contributed by atoms with Crippen LogP contribution in [0.25, 0.3) is 0 Å². The van der Waals surface area contributed by atoms with Gasteiger partial charge in [-0.2, -0.15) is 0 Å². The topological polar surface area (TPSA) is 95.6 Å². The molecule has 194 valence electrons. The van der Waals surface area contributed by atoms with E-state index in [0.29, 0.717) is 16.1 Å². The first-order valence-corrected chi connectivity index (χ1v) is 13.7. The van der Waals surface area contributed by atoms with Crippen LogP contribution in [-0.2, 0) is 19.6 Å². The van der Waals surface area contributed by atoms with Gasteiger partial charge in [0.05, 0.1) is 22.7 Å². The van der Waals surface area contributed by atoms with Gasteiger partial charge in [0.15, 0.2) is 11.6 Å². The second-order valence-electron chi connectivity index (χ2n) is 9.42. The van der Waals surface area contributed by atoms with Gasteiger partial charge in [-0.25, -0.2) is 17.2 Å². The van der Waals surface area contributed by atoms with Crippen molar-refractivity contribution in [2.24, 2.45) is 0 Å². The number of aryl methyl sites for hydroxylation is 2. The van der Waals surface area contributed by atoms with Crippen molar-refractivity contribution in [1.82, 2.24) is 5.32 Å². The predicted octanol–water partition coefficient (Wildman–Crippen LogP) is 4.98. The lowest BCUT2D eigenvalue weighted by Crippen LogP contribution is -2.53. The maximum Gasteiger partial charge on any atom is 0.265 e. The molecule has 2 amide bonds. The zero-order chi connectivity index (χ0) is 26.2. The number of carbonyl (C=O) groups is 2. The summed E-state index contributed by atoms with van der Waals surface area (Å²) in [5.41, 5.74) is 0.330. The number of sulfonamides is 1. The van der Waals surface area contributed by atoms with Gasteiger partial charge in [0.2, 0.25) is 11.8 Å². The third-order valence-electron chi connectivity index (χ3n) is 6.71. The third-order valence-corrected chi connectivity index (χ3v) is 9.08. The van der Waals surface area contributed by atoms with E-state index in [9.17, 15) is 26.8 Å². The average molecular weight is 540 g/mol. The molecule has 1 unspecified atom stereocenters. The summed E-state index contributed by atoms with van der Waals surface area (Å²) in [6.07, 6.45) is 5.25. The second-order valence-corrected chi connectivity index (χ2v) is 11.6. The number of nitrogens with one attached hydrogen (secondary N) is 2. The summed E-state index contributed by atoms with van der Waals surface area (Å²) in [4.78, 5) is 25.9. The molecule has 1 atom stereocenters. The number of carbonyl (C=O) groups excluding carboxylic acids is 2. The van der Waals surface area contributed by atoms with Crippen LogP contribution in [0.3, 0.4) is 0 Å². The normalized spacial score (nSPS) is 18.9. The van der Waals surface area contributed by atoms with E-state index in [1.807, 2.05) is 0 Å². The molecule has 11 heteroatoms. The van der Waals surface area contributed by atoms with Crippen LogP contribution in [0.2, 0.25) is 5.02 Å². The molecule has 0 spiro atoms. The van der Waals surface area contributed by atoms with E-state index in [0.717, 1.165) is 55.0 Å². The first-order valence-electron chi connectivity index (χ1n) is 11.9. The third kappa shape index (κ3) is 5.20. The van der Waals surface area contributed by atoms with Crippen molar-refractivity contribution in [2.45, 2.75) is 75.8 Å². The molecule has 0 saturated heterocycles. The Morgan fingerprint density at radius 1 is 1.06 bits per heavy atom. The maximum absolute atomic E-state index is 14.3. The molecule has 1 fully saturated rings. The van der Waals surface area contributed by atoms with Crippen LogP contribution < -0.4 is 14.9 Å². The summed E-state index contributed by atoms with van der Waals surface area (Å²) in [6, 6.07) is 2.73. The van der Waals surface area contributed by atoms with Crippen molar-refractivity contribution in [1.29, 1.82) is 0 Å². The van der Waals surface area contributed by atoms with Crippen LogP contribution in [-0.4, -0.2) is 32.3 Å². The standard InChI is InChI=1S/C25H28ClF2N3O4S/c1-14-10-23(15(2)9-17(14)26)36(34,35)31-21-12-19(28)18(27)11-20(21)30-25(33)22(31)13-24(32)29-16-7-5-3-4-6-8-16/h9-12,16,22H,3-8,13H2,1-2H3,(H,29,32)(H,30,33). The van der Waals surface area contributed by atoms with Crippen molar-refractivity contribution in [3.8, 4) is 0 Å². The van der Waals surface area contributed by atoms with E-state index >= 15 is 0 Å². The second kappa shape index (κ2) is 10.3. The fourth-order valence-electron chi connectivity index (χ4n) is 4.81. The van der Waals surface area contributed by atoms with Gasteiger partial charge in [0, 0.05) is 23.2 Å². The molecular formula is C25H28ClF2N3O4S. The Bertz CT molecular complexity index is 1310. The van der Waals surface area contributed by atoms with Gasteiger partial charge in [-0.3, -0.25) is 13.9 Å². The van der Waals surface area contributed by atoms with Gasteiger partial charge in [-0.15, -0.1) is 0 Å². The number of fused-ring (bicyclic) bond motifs is 1. The molecule has 0 bridgehead atoms. The SMILES string of the molecule is Cc1cc(S(=O)(=O)N2c3cc(F)c(F)cc3NC(=O)C2CC(=O)NC2CCCCCC2)c(C)cc1Cl. The Morgan fingerprint density at radius 3 is 2.36 bits per heavy atom. The highest BCUT2D eigenvalue weighted by molar-refractivity contribution is 7.93. The van der Waals surface area contributed by atoms with Gasteiger partial charge in [-0.05, 0) is 49.9 Å². The van der Waals surface area contributed by atoms with Crippen LogP contribution in [0, 0.1) is 25.5 Å². The van der Waals surface area contributed by atoms with E-state index in [4.69, 9.17) is 11.6 Å². The summed E-state index contributed by atoms with van der Waals surface area (Å²) in [7, 11) is -4.50. The van der Waals surface area contributed by atoms with Crippen molar-refractivity contribution < 1.29 is 26.8 Å². The van der Waals surface area contributed by atoms with Gasteiger partial charge in [-0.1, -0.05) is 37.3 Å². The number of hydrogen-bond acceptors (Lipinski definition) is 4. The molecule has 1 aliphatic carbocycles. The molecule has 2 aromatic carbocycles. The first-order chi connectivity index (χ1) is 17.0. The zero-order valence-corrected chi connectivity index (χ0v) is 21.6. The Kier molecular flexibility index (Phi) is 7.56. The highest BCUT2D eigenvalue weighted by Crippen LogP contribution is 2.40. The number of halogens is 3. The Morgan fingerprint density at radius 2 is 1.69 bits per heavy atom. The van der Waals surface area contributed by atoms with Gasteiger partial charge in [0.1, 0.15) is 6.04 Å². The molecule has 1 aliphatic heterocycles. The molecular weight excluding hydrogens is 512 g/mol. The van der Waals surface area contributed by atoms with Gasteiger partial charge < -0.3 is 10.6 Å². The summed E-state index contributed by atoms with van der Waals surface area (Å²) in [5, 5.41) is 5.71. The Balaban J connectivity index is 1.76. The minimum atomic E-state index is -4.50. The summed E-state index contributed by atoms with van der Waals surface area (Å²) >= 11 is 6.15. The smallest absolute Gasteiger partial charge is 0.265 e. The van der Waals surface area contributed by atoms with Gasteiger partial charge in [0.25, 0.3) is 10.0 Å². The molecule has 0 radical (unpaired) electrons. The highest BCUT2D eigenvalue weighted by atomic mass is 35.5. The predicted molar refractivity (Wildman–Crippen MR) is 134 cm³/mol. The van der Waals surface area contributed by atoms with E-state index in [2.05, 4.69) is 10.6 Å². The van der Waals surface area contributed by atoms with Crippen molar-refractivity contribution >= 4 is 44.8 Å². The molecule has 0 aromatic heterocycles. The number of amides is 2. The number of anilines is 2. The van der Waals surface area contributed by atoms with Crippen molar-refractivity contribution in [3.05, 3.63) is 52.0 Å². The lowest BCUT2D eigenvalue weighted by Gasteiger charge is -2.37. The fourth-order valence-corrected chi connectivity index (χ4v) is 6.94. The van der Waals surface area contributed by atoms with Crippen LogP contribution >= 0.6 is 11.6 Å². The van der Waals surface area contributed by atoms with Gasteiger partial charge >= 0.3 is 0 Å². The van der Waals surface area contributed by atoms with Crippen LogP contribution in [0.4, 0.5) is 20.2 Å². The number of hydrogen-bond donors (Lipinski definition) is 2. The quantitative estimate of drug-likeness (QED) is 0.524. The molecule has 36 heavy (non-hydrogen) atoms. The minimum absolute atomic E-state index is 0.0586. The van der Waals surface area contributed by atoms with Crippen LogP contribution in [0.15, 0.2) is 29.2 Å². The van der Waals surface area contributed by atoms with Crippen LogP contribution in [0.1, 0.15) is 56.1 Å². The van der Waals surface area contributed by atoms with E-state index in [1.54, 1.807) is 13.8 Å². The summed E-state index contributed by atoms with van der Waals surface area (Å²) in [5.74, 6) is -3.82. The zero-order valence-electron chi connectivity index (χ0n) is 20.0.